The van der Waals surface area contributed by atoms with Crippen molar-refractivity contribution in [3.63, 3.8) is 0 Å². The van der Waals surface area contributed by atoms with Crippen LogP contribution in [0.2, 0.25) is 0 Å². The lowest BCUT2D eigenvalue weighted by molar-refractivity contribution is -0.150. The van der Waals surface area contributed by atoms with E-state index in [1.807, 2.05) is 13.8 Å². The predicted molar refractivity (Wildman–Crippen MR) is 102 cm³/mol. The summed E-state index contributed by atoms with van der Waals surface area (Å²) in [5.74, 6) is -0.818. The fraction of sp³-hybridized carbons (Fsp3) is 0.500. The number of nitrogens with zero attached hydrogens (tertiary/aromatic N) is 2. The van der Waals surface area contributed by atoms with Crippen LogP contribution in [-0.4, -0.2) is 40.7 Å². The van der Waals surface area contributed by atoms with E-state index in [4.69, 9.17) is 11.5 Å². The third-order valence-electron chi connectivity index (χ3n) is 4.31. The molecule has 1 aliphatic rings. The molecule has 1 aromatic carbocycles. The smallest absolute Gasteiger partial charge is 0.249 e. The molecule has 1 unspecified atom stereocenters. The van der Waals surface area contributed by atoms with Gasteiger partial charge in [-0.3, -0.25) is 14.8 Å². The third-order valence-corrected chi connectivity index (χ3v) is 4.31. The number of hydrogen-bond donors (Lipinski definition) is 3. The zero-order chi connectivity index (χ0) is 18.7. The number of amides is 1. The van der Waals surface area contributed by atoms with Crippen LogP contribution in [-0.2, 0) is 11.3 Å². The second kappa shape index (κ2) is 9.21. The van der Waals surface area contributed by atoms with Gasteiger partial charge in [-0.15, -0.1) is 12.4 Å². The van der Waals surface area contributed by atoms with Crippen LogP contribution in [0.3, 0.4) is 0 Å². The predicted octanol–water partition coefficient (Wildman–Crippen LogP) is 1.68. The Kier molecular flexibility index (Phi) is 7.87. The van der Waals surface area contributed by atoms with E-state index in [2.05, 4.69) is 0 Å². The Morgan fingerprint density at radius 3 is 2.46 bits per heavy atom. The van der Waals surface area contributed by atoms with Gasteiger partial charge in [-0.1, -0.05) is 26.0 Å². The molecule has 1 atom stereocenters. The van der Waals surface area contributed by atoms with Gasteiger partial charge in [-0.2, -0.15) is 0 Å². The van der Waals surface area contributed by atoms with Gasteiger partial charge in [0, 0.05) is 29.9 Å². The monoisotopic (exact) mass is 386 g/mol. The molecule has 1 amide bonds. The first-order valence-electron chi connectivity index (χ1n) is 8.50. The molecular formula is C18H28ClFN4O2. The Hall–Kier alpha value is -1.83. The van der Waals surface area contributed by atoms with Gasteiger partial charge in [0.25, 0.3) is 0 Å². The number of aliphatic hydroxyl groups is 1. The minimum Gasteiger partial charge on any atom is -0.400 e. The van der Waals surface area contributed by atoms with Crippen molar-refractivity contribution in [3.05, 3.63) is 40.8 Å². The van der Waals surface area contributed by atoms with Crippen LogP contribution in [0.5, 0.6) is 0 Å². The van der Waals surface area contributed by atoms with Crippen molar-refractivity contribution < 1.29 is 14.3 Å². The molecule has 0 radical (unpaired) electrons. The Balaban J connectivity index is 0.00000338. The van der Waals surface area contributed by atoms with E-state index in [1.165, 1.54) is 6.07 Å². The summed E-state index contributed by atoms with van der Waals surface area (Å²) in [6.45, 7) is 6.39. The van der Waals surface area contributed by atoms with Crippen molar-refractivity contribution in [2.24, 2.45) is 23.3 Å². The van der Waals surface area contributed by atoms with E-state index in [0.717, 1.165) is 0 Å². The van der Waals surface area contributed by atoms with Gasteiger partial charge >= 0.3 is 0 Å². The first kappa shape index (κ1) is 22.2. The van der Waals surface area contributed by atoms with Crippen molar-refractivity contribution in [1.82, 2.24) is 10.0 Å². The number of carbonyl (C=O) groups is 1. The molecule has 1 aromatic rings. The highest BCUT2D eigenvalue weighted by atomic mass is 35.5. The summed E-state index contributed by atoms with van der Waals surface area (Å²) in [6, 6.07) is 4.74. The number of carbonyl (C=O) groups excluding carboxylic acids is 1. The van der Waals surface area contributed by atoms with Gasteiger partial charge in [0.15, 0.2) is 0 Å². The van der Waals surface area contributed by atoms with Crippen LogP contribution in [0.1, 0.15) is 31.9 Å². The second-order valence-corrected chi connectivity index (χ2v) is 6.70. The summed E-state index contributed by atoms with van der Waals surface area (Å²) in [6.07, 6.45) is 0. The molecule has 1 aliphatic heterocycles. The maximum Gasteiger partial charge on any atom is 0.249 e. The zero-order valence-electron chi connectivity index (χ0n) is 15.4. The average Bonchev–Trinajstić information content (AvgIpc) is 2.56. The van der Waals surface area contributed by atoms with Crippen LogP contribution in [0.4, 0.5) is 4.39 Å². The van der Waals surface area contributed by atoms with Crippen molar-refractivity contribution in [2.45, 2.75) is 27.3 Å². The van der Waals surface area contributed by atoms with Gasteiger partial charge in [0.2, 0.25) is 5.91 Å². The second-order valence-electron chi connectivity index (χ2n) is 6.70. The highest BCUT2D eigenvalue weighted by molar-refractivity contribution is 5.88. The van der Waals surface area contributed by atoms with Crippen molar-refractivity contribution in [1.29, 1.82) is 0 Å². The Bertz CT molecular complexity index is 681. The van der Waals surface area contributed by atoms with Crippen molar-refractivity contribution in [3.8, 4) is 0 Å². The molecule has 6 nitrogen and oxygen atoms in total. The summed E-state index contributed by atoms with van der Waals surface area (Å²) in [5.41, 5.74) is 13.7. The Morgan fingerprint density at radius 1 is 1.31 bits per heavy atom. The molecule has 0 saturated heterocycles. The van der Waals surface area contributed by atoms with Crippen LogP contribution < -0.4 is 11.5 Å². The Morgan fingerprint density at radius 2 is 1.96 bits per heavy atom. The maximum absolute atomic E-state index is 14.2. The minimum atomic E-state index is -0.513. The molecule has 0 aromatic heterocycles. The largest absolute Gasteiger partial charge is 0.400 e. The summed E-state index contributed by atoms with van der Waals surface area (Å²) in [4.78, 5) is 12.7. The van der Waals surface area contributed by atoms with Gasteiger partial charge in [0.05, 0.1) is 24.8 Å². The van der Waals surface area contributed by atoms with Gasteiger partial charge in [-0.05, 0) is 18.9 Å². The molecule has 0 spiro atoms. The van der Waals surface area contributed by atoms with Crippen LogP contribution in [0, 0.1) is 17.7 Å². The summed E-state index contributed by atoms with van der Waals surface area (Å²) in [7, 11) is 0. The molecule has 2 rings (SSSR count). The first-order valence-corrected chi connectivity index (χ1v) is 8.50. The van der Waals surface area contributed by atoms with Crippen molar-refractivity contribution >= 4 is 24.0 Å². The molecule has 8 heteroatoms. The number of benzene rings is 1. The molecule has 26 heavy (non-hydrogen) atoms. The first-order chi connectivity index (χ1) is 11.8. The molecule has 5 N–H and O–H groups in total. The molecule has 146 valence electrons. The number of hydrogen-bond acceptors (Lipinski definition) is 5. The van der Waals surface area contributed by atoms with E-state index in [1.54, 1.807) is 29.1 Å². The number of halogens is 2. The highest BCUT2D eigenvalue weighted by Crippen LogP contribution is 2.33. The van der Waals surface area contributed by atoms with Crippen LogP contribution in [0.15, 0.2) is 23.9 Å². The van der Waals surface area contributed by atoms with E-state index in [9.17, 15) is 14.3 Å². The third kappa shape index (κ3) is 4.28. The highest BCUT2D eigenvalue weighted by Gasteiger charge is 2.37. The maximum atomic E-state index is 14.2. The Labute approximate surface area is 160 Å². The summed E-state index contributed by atoms with van der Waals surface area (Å²) in [5, 5.41) is 12.7. The van der Waals surface area contributed by atoms with Gasteiger partial charge in [0.1, 0.15) is 5.82 Å². The fourth-order valence-corrected chi connectivity index (χ4v) is 2.99. The lowest BCUT2D eigenvalue weighted by Crippen LogP contribution is -2.54. The van der Waals surface area contributed by atoms with E-state index in [0.29, 0.717) is 29.1 Å². The number of nitrogens with two attached hydrogens (primary N) is 2. The SMILES string of the molecule is CC(C)CN1C(=O)C(C)C(N)=C(c2ccc(CN)c(F)c2)N1CCO.Cl. The molecule has 0 aliphatic carbocycles. The topological polar surface area (TPSA) is 95.8 Å². The molecule has 0 saturated carbocycles. The van der Waals surface area contributed by atoms with Crippen LogP contribution >= 0.6 is 12.4 Å². The van der Waals surface area contributed by atoms with Gasteiger partial charge < -0.3 is 16.6 Å². The number of rotatable bonds is 6. The normalized spacial score (nSPS) is 17.8. The van der Waals surface area contributed by atoms with Crippen LogP contribution in [0.25, 0.3) is 5.70 Å². The lowest BCUT2D eigenvalue weighted by atomic mass is 9.97. The number of β-amino-alcohol motifs (C(OH)–C–C–N with tert-alkyl or cyclic N) is 1. The zero-order valence-corrected chi connectivity index (χ0v) is 16.2. The lowest BCUT2D eigenvalue weighted by Gasteiger charge is -2.44. The quantitative estimate of drug-likeness (QED) is 0.691. The minimum absolute atomic E-state index is 0. The summed E-state index contributed by atoms with van der Waals surface area (Å²) >= 11 is 0. The summed E-state index contributed by atoms with van der Waals surface area (Å²) < 4.78 is 14.2. The number of aliphatic hydroxyl groups excluding tert-OH is 1. The van der Waals surface area contributed by atoms with Gasteiger partial charge in [-0.25, -0.2) is 4.39 Å². The fourth-order valence-electron chi connectivity index (χ4n) is 2.99. The van der Waals surface area contributed by atoms with E-state index in [-0.39, 0.29) is 43.9 Å². The van der Waals surface area contributed by atoms with E-state index < -0.39 is 11.7 Å². The molecule has 0 bridgehead atoms. The molecular weight excluding hydrogens is 359 g/mol. The van der Waals surface area contributed by atoms with E-state index >= 15 is 0 Å². The molecule has 0 fully saturated rings. The standard InChI is InChI=1S/C18H27FN4O2.ClH/c1-11(2)10-23-18(25)12(3)16(21)17(22(23)6-7-24)13-4-5-14(9-20)15(19)8-13;/h4-5,8,11-12,24H,6-7,9-10,20-21H2,1-3H3;1H. The van der Waals surface area contributed by atoms with Crippen molar-refractivity contribution in [2.75, 3.05) is 19.7 Å². The number of hydrazine groups is 1. The average molecular weight is 387 g/mol. The molecule has 1 heterocycles.